The van der Waals surface area contributed by atoms with Crippen molar-refractivity contribution >= 4 is 15.7 Å². The van der Waals surface area contributed by atoms with Gasteiger partial charge in [0.25, 0.3) is 0 Å². The summed E-state index contributed by atoms with van der Waals surface area (Å²) in [5.74, 6) is 0.723. The van der Waals surface area contributed by atoms with E-state index in [2.05, 4.69) is 4.98 Å². The fraction of sp³-hybridized carbons (Fsp3) is 0.233. The first-order chi connectivity index (χ1) is 19.3. The van der Waals surface area contributed by atoms with Gasteiger partial charge in [-0.2, -0.15) is 5.10 Å². The highest BCUT2D eigenvalue weighted by atomic mass is 32.2. The molecule has 0 N–H and O–H groups in total. The molecule has 9 nitrogen and oxygen atoms in total. The van der Waals surface area contributed by atoms with Crippen LogP contribution in [0, 0.1) is 0 Å². The third kappa shape index (κ3) is 5.46. The summed E-state index contributed by atoms with van der Waals surface area (Å²) >= 11 is 0. The van der Waals surface area contributed by atoms with Crippen molar-refractivity contribution in [3.05, 3.63) is 85.3 Å². The second-order valence-corrected chi connectivity index (χ2v) is 11.8. The van der Waals surface area contributed by atoms with Crippen LogP contribution < -0.4 is 4.74 Å². The lowest BCUT2D eigenvalue weighted by atomic mass is 10.0. The zero-order valence-corrected chi connectivity index (χ0v) is 23.8. The second-order valence-electron chi connectivity index (χ2n) is 9.77. The minimum atomic E-state index is -3.67. The quantitative estimate of drug-likeness (QED) is 0.246. The highest BCUT2D eigenvalue weighted by molar-refractivity contribution is 7.89. The zero-order chi connectivity index (χ0) is 28.3. The Labute approximate surface area is 234 Å². The zero-order valence-electron chi connectivity index (χ0n) is 23.0. The Morgan fingerprint density at radius 2 is 1.60 bits per heavy atom. The molecule has 0 saturated carbocycles. The SMILES string of the molecule is COc1cccc(-c2c(-c3ccncc3)nn3c(-c4cccc(S(=O)(=O)N(C)CCCN(C)C)c4)ccnc23)c1. The van der Waals surface area contributed by atoms with Gasteiger partial charge in [-0.3, -0.25) is 4.98 Å². The summed E-state index contributed by atoms with van der Waals surface area (Å²) in [5.41, 5.74) is 5.46. The summed E-state index contributed by atoms with van der Waals surface area (Å²) in [5, 5.41) is 5.00. The fourth-order valence-electron chi connectivity index (χ4n) is 4.65. The number of hydrogen-bond acceptors (Lipinski definition) is 7. The molecule has 0 radical (unpaired) electrons. The smallest absolute Gasteiger partial charge is 0.242 e. The summed E-state index contributed by atoms with van der Waals surface area (Å²) < 4.78 is 35.5. The Morgan fingerprint density at radius 3 is 2.35 bits per heavy atom. The number of ether oxygens (including phenoxy) is 1. The number of sulfonamides is 1. The van der Waals surface area contributed by atoms with Crippen LogP contribution in [0.5, 0.6) is 5.75 Å². The maximum Gasteiger partial charge on any atom is 0.242 e. The van der Waals surface area contributed by atoms with Crippen LogP contribution in [0.3, 0.4) is 0 Å². The van der Waals surface area contributed by atoms with Crippen molar-refractivity contribution in [3.8, 4) is 39.4 Å². The van der Waals surface area contributed by atoms with E-state index in [1.165, 1.54) is 4.31 Å². The first-order valence-corrected chi connectivity index (χ1v) is 14.4. The van der Waals surface area contributed by atoms with Crippen molar-refractivity contribution in [1.82, 2.24) is 28.8 Å². The maximum atomic E-state index is 13.4. The highest BCUT2D eigenvalue weighted by Crippen LogP contribution is 2.37. The maximum absolute atomic E-state index is 13.4. The number of methoxy groups -OCH3 is 1. The number of fused-ring (bicyclic) bond motifs is 1. The predicted molar refractivity (Wildman–Crippen MR) is 157 cm³/mol. The lowest BCUT2D eigenvalue weighted by molar-refractivity contribution is 0.370. The monoisotopic (exact) mass is 556 g/mol. The molecule has 0 saturated heterocycles. The van der Waals surface area contributed by atoms with Gasteiger partial charge in [0.1, 0.15) is 11.4 Å². The molecule has 0 aliphatic heterocycles. The van der Waals surface area contributed by atoms with Gasteiger partial charge < -0.3 is 9.64 Å². The van der Waals surface area contributed by atoms with Crippen molar-refractivity contribution < 1.29 is 13.2 Å². The fourth-order valence-corrected chi connectivity index (χ4v) is 5.90. The first kappa shape index (κ1) is 27.4. The molecule has 0 spiro atoms. The van der Waals surface area contributed by atoms with E-state index in [1.807, 2.05) is 67.5 Å². The van der Waals surface area contributed by atoms with Gasteiger partial charge in [-0.1, -0.05) is 24.3 Å². The first-order valence-electron chi connectivity index (χ1n) is 12.9. The van der Waals surface area contributed by atoms with E-state index in [-0.39, 0.29) is 4.90 Å². The van der Waals surface area contributed by atoms with Gasteiger partial charge in [0, 0.05) is 43.3 Å². The summed E-state index contributed by atoms with van der Waals surface area (Å²) in [7, 11) is 3.54. The average molecular weight is 557 g/mol. The number of pyridine rings is 1. The average Bonchev–Trinajstić information content (AvgIpc) is 3.37. The van der Waals surface area contributed by atoms with Gasteiger partial charge >= 0.3 is 0 Å². The molecule has 0 unspecified atom stereocenters. The van der Waals surface area contributed by atoms with Crippen LogP contribution in [0.15, 0.2) is 90.2 Å². The lowest BCUT2D eigenvalue weighted by Crippen LogP contribution is -2.29. The largest absolute Gasteiger partial charge is 0.497 e. The molecular formula is C30H32N6O3S. The molecule has 0 aliphatic carbocycles. The third-order valence-electron chi connectivity index (χ3n) is 6.75. The van der Waals surface area contributed by atoms with Crippen LogP contribution in [0.4, 0.5) is 0 Å². The Balaban J connectivity index is 1.63. The molecule has 5 rings (SSSR count). The van der Waals surface area contributed by atoms with Gasteiger partial charge in [0.15, 0.2) is 5.65 Å². The van der Waals surface area contributed by atoms with Gasteiger partial charge in [-0.15, -0.1) is 0 Å². The number of hydrogen-bond donors (Lipinski definition) is 0. The van der Waals surface area contributed by atoms with E-state index in [0.717, 1.165) is 52.4 Å². The van der Waals surface area contributed by atoms with E-state index in [4.69, 9.17) is 14.8 Å². The molecule has 10 heteroatoms. The molecular weight excluding hydrogens is 524 g/mol. The van der Waals surface area contributed by atoms with Crippen molar-refractivity contribution in [2.45, 2.75) is 11.3 Å². The van der Waals surface area contributed by atoms with E-state index >= 15 is 0 Å². The Kier molecular flexibility index (Phi) is 7.92. The summed E-state index contributed by atoms with van der Waals surface area (Å²) in [6.07, 6.45) is 5.92. The molecule has 3 heterocycles. The predicted octanol–water partition coefficient (Wildman–Crippen LogP) is 4.71. The van der Waals surface area contributed by atoms with Crippen LogP contribution in [-0.2, 0) is 10.0 Å². The lowest BCUT2D eigenvalue weighted by Gasteiger charge is -2.19. The van der Waals surface area contributed by atoms with Gasteiger partial charge in [0.05, 0.1) is 23.3 Å². The number of benzene rings is 2. The normalized spacial score (nSPS) is 11.9. The Morgan fingerprint density at radius 1 is 0.850 bits per heavy atom. The summed E-state index contributed by atoms with van der Waals surface area (Å²) in [6.45, 7) is 1.24. The van der Waals surface area contributed by atoms with E-state index < -0.39 is 10.0 Å². The number of nitrogens with zero attached hydrogens (tertiary/aromatic N) is 6. The molecule has 3 aromatic heterocycles. The molecule has 40 heavy (non-hydrogen) atoms. The standard InChI is InChI=1S/C30H32N6O3S/c1-34(2)18-7-19-35(3)40(37,38)26-11-6-8-23(21-26)27-14-17-32-30-28(24-9-5-10-25(20-24)39-4)29(33-36(27)30)22-12-15-31-16-13-22/h5-6,8-17,20-21H,7,18-19H2,1-4H3. The Bertz CT molecular complexity index is 1740. The molecule has 0 fully saturated rings. The van der Waals surface area contributed by atoms with Crippen LogP contribution in [0.25, 0.3) is 39.3 Å². The minimum Gasteiger partial charge on any atom is -0.497 e. The molecule has 5 aromatic rings. The van der Waals surface area contributed by atoms with Crippen molar-refractivity contribution in [2.75, 3.05) is 41.3 Å². The molecule has 0 bridgehead atoms. The van der Waals surface area contributed by atoms with E-state index in [9.17, 15) is 8.42 Å². The van der Waals surface area contributed by atoms with Gasteiger partial charge in [-0.25, -0.2) is 22.2 Å². The molecule has 2 aromatic carbocycles. The highest BCUT2D eigenvalue weighted by Gasteiger charge is 2.23. The summed E-state index contributed by atoms with van der Waals surface area (Å²) in [6, 6.07) is 20.4. The van der Waals surface area contributed by atoms with Crippen LogP contribution >= 0.6 is 0 Å². The Hall–Kier alpha value is -4.12. The van der Waals surface area contributed by atoms with E-state index in [0.29, 0.717) is 12.2 Å². The number of aromatic nitrogens is 4. The molecule has 0 atom stereocenters. The van der Waals surface area contributed by atoms with Gasteiger partial charge in [0.2, 0.25) is 10.0 Å². The van der Waals surface area contributed by atoms with Crippen LogP contribution in [0.2, 0.25) is 0 Å². The molecule has 0 amide bonds. The molecule has 0 aliphatic rings. The minimum absolute atomic E-state index is 0.233. The van der Waals surface area contributed by atoms with Crippen molar-refractivity contribution in [1.29, 1.82) is 0 Å². The summed E-state index contributed by atoms with van der Waals surface area (Å²) in [4.78, 5) is 11.1. The second kappa shape index (κ2) is 11.5. The van der Waals surface area contributed by atoms with Gasteiger partial charge in [-0.05, 0) is 75.1 Å². The van der Waals surface area contributed by atoms with Crippen LogP contribution in [-0.4, -0.2) is 78.5 Å². The van der Waals surface area contributed by atoms with E-state index in [1.54, 1.807) is 55.5 Å². The van der Waals surface area contributed by atoms with Crippen molar-refractivity contribution in [2.24, 2.45) is 0 Å². The topological polar surface area (TPSA) is 92.9 Å². The molecule has 206 valence electrons. The third-order valence-corrected chi connectivity index (χ3v) is 8.60. The number of rotatable bonds is 10. The van der Waals surface area contributed by atoms with Crippen molar-refractivity contribution in [3.63, 3.8) is 0 Å². The van der Waals surface area contributed by atoms with Crippen LogP contribution in [0.1, 0.15) is 6.42 Å².